The summed E-state index contributed by atoms with van der Waals surface area (Å²) in [6, 6.07) is 16.2. The SMILES string of the molecule is CCCNC(=O)[C@H](Cc1ccccc1)N(Cc1ccc(F)cc1)C(=O)CN(c1cc(Cl)c(Cl)cc1Cl)S(C)(=O)=O. The molecule has 3 rings (SSSR count). The molecule has 3 aromatic carbocycles. The lowest BCUT2D eigenvalue weighted by Gasteiger charge is -2.33. The summed E-state index contributed by atoms with van der Waals surface area (Å²) in [6.45, 7) is 1.53. The minimum Gasteiger partial charge on any atom is -0.354 e. The van der Waals surface area contributed by atoms with Gasteiger partial charge in [0.2, 0.25) is 21.8 Å². The van der Waals surface area contributed by atoms with E-state index < -0.39 is 40.2 Å². The standard InChI is InChI=1S/C28H29Cl3FN3O4S/c1-3-13-33-28(37)26(14-19-7-5-4-6-8-19)34(17-20-9-11-21(32)12-10-20)27(36)18-35(40(2,38)39)25-16-23(30)22(29)15-24(25)31/h4-12,15-16,26H,3,13-14,17-18H2,1-2H3,(H,33,37)/t26-/m0/s1. The topological polar surface area (TPSA) is 86.8 Å². The van der Waals surface area contributed by atoms with E-state index in [-0.39, 0.29) is 33.7 Å². The largest absolute Gasteiger partial charge is 0.354 e. The summed E-state index contributed by atoms with van der Waals surface area (Å²) in [7, 11) is -4.05. The van der Waals surface area contributed by atoms with Crippen molar-refractivity contribution in [1.29, 1.82) is 0 Å². The highest BCUT2D eigenvalue weighted by molar-refractivity contribution is 7.92. The number of nitrogens with one attached hydrogen (secondary N) is 1. The van der Waals surface area contributed by atoms with Gasteiger partial charge in [-0.2, -0.15) is 0 Å². The molecule has 0 heterocycles. The van der Waals surface area contributed by atoms with Crippen molar-refractivity contribution < 1.29 is 22.4 Å². The van der Waals surface area contributed by atoms with E-state index >= 15 is 0 Å². The Morgan fingerprint density at radius 3 is 2.15 bits per heavy atom. The first-order valence-electron chi connectivity index (χ1n) is 12.4. The number of benzene rings is 3. The number of sulfonamides is 1. The van der Waals surface area contributed by atoms with Crippen LogP contribution in [-0.4, -0.2) is 50.5 Å². The quantitative estimate of drug-likeness (QED) is 0.260. The fraction of sp³-hybridized carbons (Fsp3) is 0.286. The zero-order valence-corrected chi connectivity index (χ0v) is 25.0. The van der Waals surface area contributed by atoms with Gasteiger partial charge >= 0.3 is 0 Å². The van der Waals surface area contributed by atoms with E-state index in [1.165, 1.54) is 41.3 Å². The van der Waals surface area contributed by atoms with Crippen LogP contribution in [0, 0.1) is 5.82 Å². The van der Waals surface area contributed by atoms with Gasteiger partial charge in [-0.25, -0.2) is 12.8 Å². The fourth-order valence-corrected chi connectivity index (χ4v) is 5.55. The number of anilines is 1. The highest BCUT2D eigenvalue weighted by Crippen LogP contribution is 2.35. The molecule has 0 saturated carbocycles. The van der Waals surface area contributed by atoms with Crippen LogP contribution in [0.2, 0.25) is 15.1 Å². The molecule has 0 aliphatic heterocycles. The third kappa shape index (κ3) is 8.57. The molecule has 0 aliphatic carbocycles. The van der Waals surface area contributed by atoms with Crippen LogP contribution in [0.1, 0.15) is 24.5 Å². The molecule has 7 nitrogen and oxygen atoms in total. The molecule has 0 saturated heterocycles. The van der Waals surface area contributed by atoms with Gasteiger partial charge in [0.15, 0.2) is 0 Å². The van der Waals surface area contributed by atoms with Crippen molar-refractivity contribution in [2.45, 2.75) is 32.4 Å². The van der Waals surface area contributed by atoms with Gasteiger partial charge < -0.3 is 10.2 Å². The highest BCUT2D eigenvalue weighted by atomic mass is 35.5. The van der Waals surface area contributed by atoms with Crippen LogP contribution in [0.4, 0.5) is 10.1 Å². The fourth-order valence-electron chi connectivity index (χ4n) is 4.00. The first-order valence-corrected chi connectivity index (χ1v) is 15.4. The van der Waals surface area contributed by atoms with Crippen LogP contribution < -0.4 is 9.62 Å². The molecular weight excluding hydrogens is 600 g/mol. The monoisotopic (exact) mass is 627 g/mol. The minimum atomic E-state index is -4.05. The number of hydrogen-bond donors (Lipinski definition) is 1. The van der Waals surface area contributed by atoms with Crippen molar-refractivity contribution in [2.75, 3.05) is 23.7 Å². The van der Waals surface area contributed by atoms with Crippen molar-refractivity contribution in [2.24, 2.45) is 0 Å². The van der Waals surface area contributed by atoms with Gasteiger partial charge in [-0.05, 0) is 41.8 Å². The Morgan fingerprint density at radius 1 is 0.925 bits per heavy atom. The molecule has 1 N–H and O–H groups in total. The van der Waals surface area contributed by atoms with Crippen LogP contribution in [0.15, 0.2) is 66.7 Å². The predicted molar refractivity (Wildman–Crippen MR) is 158 cm³/mol. The smallest absolute Gasteiger partial charge is 0.244 e. The second kappa shape index (κ2) is 14.2. The molecule has 214 valence electrons. The summed E-state index contributed by atoms with van der Waals surface area (Å²) < 4.78 is 40.2. The molecule has 0 bridgehead atoms. The van der Waals surface area contributed by atoms with E-state index in [0.29, 0.717) is 18.5 Å². The maximum atomic E-state index is 14.0. The first-order chi connectivity index (χ1) is 18.9. The maximum absolute atomic E-state index is 14.0. The second-order valence-electron chi connectivity index (χ2n) is 9.13. The summed E-state index contributed by atoms with van der Waals surface area (Å²) in [6.07, 6.45) is 1.77. The number of carbonyl (C=O) groups excluding carboxylic acids is 2. The van der Waals surface area contributed by atoms with Crippen LogP contribution in [0.5, 0.6) is 0 Å². The Labute approximate surface area is 248 Å². The van der Waals surface area contributed by atoms with Gasteiger partial charge in [0.1, 0.15) is 18.4 Å². The van der Waals surface area contributed by atoms with Crippen molar-refractivity contribution in [3.63, 3.8) is 0 Å². The van der Waals surface area contributed by atoms with Crippen LogP contribution >= 0.6 is 34.8 Å². The van der Waals surface area contributed by atoms with Crippen molar-refractivity contribution in [1.82, 2.24) is 10.2 Å². The average molecular weight is 629 g/mol. The summed E-state index contributed by atoms with van der Waals surface area (Å²) in [5.41, 5.74) is 1.31. The molecule has 1 atom stereocenters. The number of amides is 2. The molecule has 0 fully saturated rings. The van der Waals surface area contributed by atoms with Crippen molar-refractivity contribution in [3.8, 4) is 0 Å². The third-order valence-electron chi connectivity index (χ3n) is 6.02. The number of halogens is 4. The van der Waals surface area contributed by atoms with Gasteiger partial charge in [0.25, 0.3) is 0 Å². The maximum Gasteiger partial charge on any atom is 0.244 e. The third-order valence-corrected chi connectivity index (χ3v) is 8.18. The Morgan fingerprint density at radius 2 is 1.55 bits per heavy atom. The molecule has 0 unspecified atom stereocenters. The van der Waals surface area contributed by atoms with Gasteiger partial charge in [-0.1, -0.05) is 84.2 Å². The lowest BCUT2D eigenvalue weighted by Crippen LogP contribution is -2.53. The zero-order chi connectivity index (χ0) is 29.4. The number of rotatable bonds is 12. The van der Waals surface area contributed by atoms with Gasteiger partial charge in [-0.3, -0.25) is 13.9 Å². The average Bonchev–Trinajstić information content (AvgIpc) is 2.91. The predicted octanol–water partition coefficient (Wildman–Crippen LogP) is 5.72. The van der Waals surface area contributed by atoms with E-state index in [9.17, 15) is 22.4 Å². The number of hydrogen-bond acceptors (Lipinski definition) is 4. The molecule has 0 radical (unpaired) electrons. The van der Waals surface area contributed by atoms with Crippen LogP contribution in [0.25, 0.3) is 0 Å². The molecular formula is C28H29Cl3FN3O4S. The van der Waals surface area contributed by atoms with Crippen molar-refractivity contribution in [3.05, 3.63) is 98.7 Å². The van der Waals surface area contributed by atoms with Gasteiger partial charge in [-0.15, -0.1) is 0 Å². The Balaban J connectivity index is 2.07. The summed E-state index contributed by atoms with van der Waals surface area (Å²) in [5.74, 6) is -1.54. The number of nitrogens with zero attached hydrogens (tertiary/aromatic N) is 2. The van der Waals surface area contributed by atoms with Crippen LogP contribution in [-0.2, 0) is 32.6 Å². The zero-order valence-electron chi connectivity index (χ0n) is 21.9. The lowest BCUT2D eigenvalue weighted by atomic mass is 10.0. The lowest BCUT2D eigenvalue weighted by molar-refractivity contribution is -0.140. The van der Waals surface area contributed by atoms with E-state index in [4.69, 9.17) is 34.8 Å². The highest BCUT2D eigenvalue weighted by Gasteiger charge is 2.33. The van der Waals surface area contributed by atoms with E-state index in [1.54, 1.807) is 0 Å². The first kappa shape index (κ1) is 31.7. The normalized spacial score (nSPS) is 12.1. The Kier molecular flexibility index (Phi) is 11.2. The summed E-state index contributed by atoms with van der Waals surface area (Å²) >= 11 is 18.5. The molecule has 12 heteroatoms. The summed E-state index contributed by atoms with van der Waals surface area (Å²) in [4.78, 5) is 28.7. The van der Waals surface area contributed by atoms with E-state index in [2.05, 4.69) is 5.32 Å². The molecule has 2 amide bonds. The molecule has 0 spiro atoms. The minimum absolute atomic E-state index is 0.0285. The number of carbonyl (C=O) groups is 2. The summed E-state index contributed by atoms with van der Waals surface area (Å²) in [5, 5.41) is 2.98. The Bertz CT molecular complexity index is 1440. The van der Waals surface area contributed by atoms with Gasteiger partial charge in [0, 0.05) is 19.5 Å². The van der Waals surface area contributed by atoms with E-state index in [0.717, 1.165) is 16.1 Å². The molecule has 40 heavy (non-hydrogen) atoms. The Hall–Kier alpha value is -2.85. The molecule has 0 aromatic heterocycles. The van der Waals surface area contributed by atoms with Crippen molar-refractivity contribution >= 4 is 62.3 Å². The van der Waals surface area contributed by atoms with E-state index in [1.807, 2.05) is 37.3 Å². The second-order valence-corrected chi connectivity index (χ2v) is 12.3. The molecule has 0 aliphatic rings. The van der Waals surface area contributed by atoms with Crippen LogP contribution in [0.3, 0.4) is 0 Å². The molecule has 3 aromatic rings. The van der Waals surface area contributed by atoms with Gasteiger partial charge in [0.05, 0.1) is 27.0 Å².